The summed E-state index contributed by atoms with van der Waals surface area (Å²) in [6.45, 7) is 14.6. The molecule has 0 N–H and O–H groups in total. The molecule has 24 heavy (non-hydrogen) atoms. The third-order valence-electron chi connectivity index (χ3n) is 3.75. The molecule has 1 nitrogen and oxygen atoms in total. The number of hydrogen-bond acceptors (Lipinski definition) is 1. The molecule has 0 aliphatic carbocycles. The number of hydrogen-bond donors (Lipinski definition) is 0. The minimum absolute atomic E-state index is 0.539. The molecule has 0 amide bonds. The number of nitrogens with zero attached hydrogens (tertiary/aromatic N) is 1. The molecule has 0 saturated carbocycles. The van der Waals surface area contributed by atoms with Crippen LogP contribution < -0.4 is 5.30 Å². The van der Waals surface area contributed by atoms with Crippen molar-refractivity contribution in [3.05, 3.63) is 96.4 Å². The summed E-state index contributed by atoms with van der Waals surface area (Å²) < 4.78 is 0. The number of aryl methyl sites for hydroxylation is 1. The van der Waals surface area contributed by atoms with Crippen LogP contribution in [0.5, 0.6) is 0 Å². The fourth-order valence-corrected chi connectivity index (χ4v) is 3.38. The average molecular weight is 333 g/mol. The van der Waals surface area contributed by atoms with Crippen LogP contribution in [0.4, 0.5) is 0 Å². The van der Waals surface area contributed by atoms with Crippen LogP contribution in [0.15, 0.2) is 79.6 Å². The maximum atomic E-state index is 4.58. The van der Waals surface area contributed by atoms with E-state index in [9.17, 15) is 0 Å². The van der Waals surface area contributed by atoms with Crippen LogP contribution in [-0.2, 0) is 0 Å². The first-order chi connectivity index (χ1) is 11.5. The van der Waals surface area contributed by atoms with Crippen LogP contribution in [0.1, 0.15) is 30.7 Å². The Hall–Kier alpha value is -2.24. The Bertz CT molecular complexity index is 795. The summed E-state index contributed by atoms with van der Waals surface area (Å²) in [4.78, 5) is 4.58. The lowest BCUT2D eigenvalue weighted by molar-refractivity contribution is 1.27. The highest BCUT2D eigenvalue weighted by Gasteiger charge is 2.05. The summed E-state index contributed by atoms with van der Waals surface area (Å²) in [5.74, 6) is 0. The topological polar surface area (TPSA) is 12.9 Å². The summed E-state index contributed by atoms with van der Waals surface area (Å²) in [7, 11) is 0.539. The van der Waals surface area contributed by atoms with Crippen molar-refractivity contribution in [3.63, 3.8) is 0 Å². The van der Waals surface area contributed by atoms with Crippen molar-refractivity contribution in [1.82, 2.24) is 4.98 Å². The maximum absolute atomic E-state index is 4.58. The van der Waals surface area contributed by atoms with Crippen LogP contribution in [0, 0.1) is 6.92 Å². The molecule has 1 atom stereocenters. The third-order valence-corrected chi connectivity index (χ3v) is 4.91. The molecule has 1 unspecified atom stereocenters. The van der Waals surface area contributed by atoms with Crippen molar-refractivity contribution in [2.45, 2.75) is 20.8 Å². The van der Waals surface area contributed by atoms with Gasteiger partial charge in [0.2, 0.25) is 0 Å². The molecule has 0 radical (unpaired) electrons. The summed E-state index contributed by atoms with van der Waals surface area (Å²) in [5, 5.41) is 2.35. The third kappa shape index (κ3) is 4.88. The first kappa shape index (κ1) is 18.1. The summed E-state index contributed by atoms with van der Waals surface area (Å²) >= 11 is 0. The van der Waals surface area contributed by atoms with Gasteiger partial charge in [0.15, 0.2) is 0 Å². The van der Waals surface area contributed by atoms with Crippen molar-refractivity contribution < 1.29 is 0 Å². The average Bonchev–Trinajstić information content (AvgIpc) is 2.59. The molecule has 122 valence electrons. The van der Waals surface area contributed by atoms with E-state index in [1.165, 1.54) is 10.9 Å². The summed E-state index contributed by atoms with van der Waals surface area (Å²) in [6.07, 6.45) is 7.98. The van der Waals surface area contributed by atoms with Gasteiger partial charge in [-0.2, -0.15) is 0 Å². The van der Waals surface area contributed by atoms with E-state index in [0.717, 1.165) is 27.7 Å². The van der Waals surface area contributed by atoms with E-state index in [1.807, 2.05) is 31.3 Å². The Kier molecular flexibility index (Phi) is 6.46. The molecule has 2 heteroatoms. The second-order valence-corrected chi connectivity index (χ2v) is 7.19. The normalized spacial score (nSPS) is 12.2. The van der Waals surface area contributed by atoms with Crippen molar-refractivity contribution in [1.29, 1.82) is 0 Å². The smallest absolute Gasteiger partial charge is 0.0701 e. The van der Waals surface area contributed by atoms with Gasteiger partial charge >= 0.3 is 0 Å². The van der Waals surface area contributed by atoms with E-state index in [2.05, 4.69) is 68.4 Å². The Labute approximate surface area is 147 Å². The highest BCUT2D eigenvalue weighted by atomic mass is 31.1. The van der Waals surface area contributed by atoms with Gasteiger partial charge < -0.3 is 0 Å². The molecule has 0 aliphatic heterocycles. The second-order valence-electron chi connectivity index (χ2n) is 5.76. The zero-order valence-corrected chi connectivity index (χ0v) is 15.6. The Balaban J connectivity index is 2.11. The minimum Gasteiger partial charge on any atom is -0.256 e. The number of pyridine rings is 1. The lowest BCUT2D eigenvalue weighted by Crippen LogP contribution is -1.96. The molecular weight excluding hydrogens is 309 g/mol. The van der Waals surface area contributed by atoms with Crippen molar-refractivity contribution in [2.24, 2.45) is 0 Å². The van der Waals surface area contributed by atoms with Crippen LogP contribution in [-0.4, -0.2) is 4.98 Å². The zero-order chi connectivity index (χ0) is 17.5. The fourth-order valence-electron chi connectivity index (χ4n) is 2.28. The molecule has 1 heterocycles. The van der Waals surface area contributed by atoms with E-state index in [4.69, 9.17) is 0 Å². The van der Waals surface area contributed by atoms with Crippen molar-refractivity contribution >= 4 is 24.8 Å². The van der Waals surface area contributed by atoms with E-state index >= 15 is 0 Å². The van der Waals surface area contributed by atoms with E-state index in [-0.39, 0.29) is 0 Å². The Morgan fingerprint density at radius 1 is 1.17 bits per heavy atom. The Morgan fingerprint density at radius 2 is 1.96 bits per heavy atom. The first-order valence-electron chi connectivity index (χ1n) is 7.99. The molecule has 2 aromatic rings. The van der Waals surface area contributed by atoms with E-state index in [0.29, 0.717) is 8.58 Å². The van der Waals surface area contributed by atoms with Gasteiger partial charge in [-0.25, -0.2) is 0 Å². The zero-order valence-electron chi connectivity index (χ0n) is 14.6. The SMILES string of the molecule is C=C(/C(C)=C\C=C/C)c1ccc(C(=C)Pc2cccc(C)c2)nc1. The molecular formula is C22H24NP. The standard InChI is InChI=1S/C22H24NP/c1-6-7-10-17(3)18(4)20-12-13-22(23-15-20)19(5)24-21-11-8-9-16(2)14-21/h6-15,24H,4-5H2,1-3H3/b7-6-,17-10-. The predicted molar refractivity (Wildman–Crippen MR) is 110 cm³/mol. The van der Waals surface area contributed by atoms with Crippen LogP contribution >= 0.6 is 8.58 Å². The lowest BCUT2D eigenvalue weighted by Gasteiger charge is -2.09. The second kappa shape index (κ2) is 8.57. The molecule has 2 rings (SSSR count). The quantitative estimate of drug-likeness (QED) is 0.474. The van der Waals surface area contributed by atoms with Crippen molar-refractivity contribution in [2.75, 3.05) is 0 Å². The molecule has 1 aromatic heterocycles. The number of aromatic nitrogens is 1. The Morgan fingerprint density at radius 3 is 2.58 bits per heavy atom. The van der Waals surface area contributed by atoms with Gasteiger partial charge in [-0.3, -0.25) is 4.98 Å². The molecule has 0 aliphatic rings. The summed E-state index contributed by atoms with van der Waals surface area (Å²) in [6, 6.07) is 12.7. The highest BCUT2D eigenvalue weighted by Crippen LogP contribution is 2.30. The maximum Gasteiger partial charge on any atom is 0.0701 e. The monoisotopic (exact) mass is 333 g/mol. The largest absolute Gasteiger partial charge is 0.256 e. The molecule has 0 fully saturated rings. The number of rotatable bonds is 6. The molecule has 0 spiro atoms. The van der Waals surface area contributed by atoms with Gasteiger partial charge in [-0.05, 0) is 54.2 Å². The molecule has 0 bridgehead atoms. The van der Waals surface area contributed by atoms with E-state index in [1.54, 1.807) is 0 Å². The highest BCUT2D eigenvalue weighted by molar-refractivity contribution is 7.58. The van der Waals surface area contributed by atoms with Gasteiger partial charge in [0.1, 0.15) is 0 Å². The van der Waals surface area contributed by atoms with Crippen LogP contribution in [0.3, 0.4) is 0 Å². The first-order valence-corrected chi connectivity index (χ1v) is 8.99. The van der Waals surface area contributed by atoms with Crippen LogP contribution in [0.2, 0.25) is 0 Å². The van der Waals surface area contributed by atoms with Crippen molar-refractivity contribution in [3.8, 4) is 0 Å². The van der Waals surface area contributed by atoms with Gasteiger partial charge in [0.25, 0.3) is 0 Å². The van der Waals surface area contributed by atoms with Gasteiger partial charge in [0.05, 0.1) is 5.69 Å². The van der Waals surface area contributed by atoms with Gasteiger partial charge in [-0.1, -0.05) is 75.9 Å². The molecule has 1 aromatic carbocycles. The van der Waals surface area contributed by atoms with Gasteiger partial charge in [0, 0.05) is 6.20 Å². The minimum atomic E-state index is 0.539. The molecule has 0 saturated heterocycles. The van der Waals surface area contributed by atoms with E-state index < -0.39 is 0 Å². The number of benzene rings is 1. The lowest BCUT2D eigenvalue weighted by atomic mass is 10.0. The number of allylic oxidation sites excluding steroid dienone is 5. The predicted octanol–water partition coefficient (Wildman–Crippen LogP) is 5.90. The fraction of sp³-hybridized carbons (Fsp3) is 0.136. The van der Waals surface area contributed by atoms with Gasteiger partial charge in [-0.15, -0.1) is 0 Å². The summed E-state index contributed by atoms with van der Waals surface area (Å²) in [5.41, 5.74) is 5.41. The van der Waals surface area contributed by atoms with Crippen LogP contribution in [0.25, 0.3) is 10.9 Å².